The Morgan fingerprint density at radius 1 is 1.14 bits per heavy atom. The summed E-state index contributed by atoms with van der Waals surface area (Å²) in [5.41, 5.74) is 2.23. The molecular weight excluding hydrogens is 268 g/mol. The second-order valence-corrected chi connectivity index (χ2v) is 4.81. The number of carbonyl (C=O) groups excluding carboxylic acids is 1. The summed E-state index contributed by atoms with van der Waals surface area (Å²) in [6.07, 6.45) is 0. The van der Waals surface area contributed by atoms with E-state index in [4.69, 9.17) is 0 Å². The largest absolute Gasteiger partial charge is 0.508 e. The van der Waals surface area contributed by atoms with Gasteiger partial charge in [0.2, 0.25) is 0 Å². The molecule has 2 aromatic carbocycles. The highest BCUT2D eigenvalue weighted by Gasteiger charge is 2.11. The summed E-state index contributed by atoms with van der Waals surface area (Å²) < 4.78 is 0. The van der Waals surface area contributed by atoms with Crippen LogP contribution in [-0.4, -0.2) is 36.1 Å². The highest BCUT2D eigenvalue weighted by molar-refractivity contribution is 6.98. The van der Waals surface area contributed by atoms with Crippen LogP contribution in [0.25, 0.3) is 0 Å². The van der Waals surface area contributed by atoms with Crippen LogP contribution >= 0.6 is 0 Å². The molecule has 0 saturated carbocycles. The average molecular weight is 283 g/mol. The third-order valence-electron chi connectivity index (χ3n) is 3.26. The molecule has 0 radical (unpaired) electrons. The molecule has 0 unspecified atom stereocenters. The van der Waals surface area contributed by atoms with Crippen molar-refractivity contribution in [1.29, 1.82) is 0 Å². The zero-order chi connectivity index (χ0) is 15.6. The van der Waals surface area contributed by atoms with Gasteiger partial charge in [0.25, 0.3) is 5.91 Å². The number of aromatic hydroxyl groups is 3. The van der Waals surface area contributed by atoms with Crippen LogP contribution in [0.5, 0.6) is 17.2 Å². The lowest BCUT2D eigenvalue weighted by Crippen LogP contribution is -2.18. The number of phenolic OH excluding ortho intramolecular Hbond substituents is 3. The van der Waals surface area contributed by atoms with Gasteiger partial charge < -0.3 is 20.6 Å². The molecule has 0 aliphatic rings. The van der Waals surface area contributed by atoms with Gasteiger partial charge >= 0.3 is 0 Å². The van der Waals surface area contributed by atoms with Gasteiger partial charge in [0.05, 0.1) is 7.74 Å². The second kappa shape index (κ2) is 5.83. The molecule has 0 fully saturated rings. The molecule has 0 aliphatic carbocycles. The van der Waals surface area contributed by atoms with E-state index < -0.39 is 5.91 Å². The molecule has 2 rings (SSSR count). The van der Waals surface area contributed by atoms with Crippen LogP contribution in [0.4, 0.5) is 5.69 Å². The van der Waals surface area contributed by atoms with Crippen molar-refractivity contribution in [3.63, 3.8) is 0 Å². The first-order valence-electron chi connectivity index (χ1n) is 6.58. The summed E-state index contributed by atoms with van der Waals surface area (Å²) in [4.78, 5) is 12.1. The molecule has 0 spiro atoms. The topological polar surface area (TPSA) is 89.8 Å². The molecule has 0 aromatic heterocycles. The van der Waals surface area contributed by atoms with E-state index in [0.717, 1.165) is 5.46 Å². The fourth-order valence-corrected chi connectivity index (χ4v) is 2.06. The maximum atomic E-state index is 12.1. The van der Waals surface area contributed by atoms with Gasteiger partial charge in [-0.15, -0.1) is 0 Å². The van der Waals surface area contributed by atoms with Gasteiger partial charge in [0.1, 0.15) is 12.9 Å². The third-order valence-corrected chi connectivity index (χ3v) is 3.26. The van der Waals surface area contributed by atoms with E-state index in [2.05, 4.69) is 5.32 Å². The van der Waals surface area contributed by atoms with Gasteiger partial charge in [-0.25, -0.2) is 0 Å². The first-order chi connectivity index (χ1) is 9.92. The predicted molar refractivity (Wildman–Crippen MR) is 85.9 cm³/mol. The summed E-state index contributed by atoms with van der Waals surface area (Å²) in [5.74, 6) is -0.797. The minimum atomic E-state index is -0.405. The number of phenols is 3. The Labute approximate surface area is 123 Å². The Hall–Kier alpha value is -2.56. The number of hydrogen-bond acceptors (Lipinski definition) is 4. The van der Waals surface area contributed by atoms with Crippen molar-refractivity contribution in [1.82, 2.24) is 0 Å². The van der Waals surface area contributed by atoms with Crippen molar-refractivity contribution in [3.8, 4) is 17.2 Å². The Balaban J connectivity index is 2.27. The molecule has 2 aromatic rings. The maximum Gasteiger partial charge on any atom is 0.255 e. The Morgan fingerprint density at radius 3 is 2.48 bits per heavy atom. The van der Waals surface area contributed by atoms with Crippen molar-refractivity contribution < 1.29 is 20.1 Å². The number of nitrogens with one attached hydrogen (secondary N) is 1. The lowest BCUT2D eigenvalue weighted by atomic mass is 9.51. The van der Waals surface area contributed by atoms with Gasteiger partial charge in [-0.05, 0) is 42.8 Å². The average Bonchev–Trinajstić information content (AvgIpc) is 2.45. The van der Waals surface area contributed by atoms with Gasteiger partial charge in [0.15, 0.2) is 11.5 Å². The van der Waals surface area contributed by atoms with E-state index >= 15 is 0 Å². The third kappa shape index (κ3) is 3.13. The minimum Gasteiger partial charge on any atom is -0.508 e. The molecule has 4 N–H and O–H groups in total. The number of aryl methyl sites for hydroxylation is 1. The minimum absolute atomic E-state index is 0.231. The Bertz CT molecular complexity index is 704. The number of benzene rings is 2. The highest BCUT2D eigenvalue weighted by atomic mass is 16.3. The van der Waals surface area contributed by atoms with Crippen LogP contribution in [-0.2, 0) is 0 Å². The standard InChI is InChI=1S/C14H15B2NO4/c1-7-4-9(6-10(16-15)13(7)20)17-14(21)8-2-3-11(18)12(19)5-8/h2-6,16,18-20H,15H2,1H3,(H,17,21). The lowest BCUT2D eigenvalue weighted by Gasteiger charge is -2.11. The normalized spacial score (nSPS) is 10.1. The number of rotatable bonds is 3. The van der Waals surface area contributed by atoms with Crippen LogP contribution in [0.15, 0.2) is 30.3 Å². The molecule has 5 nitrogen and oxygen atoms in total. The fraction of sp³-hybridized carbons (Fsp3) is 0.0714. The van der Waals surface area contributed by atoms with E-state index in [1.54, 1.807) is 19.1 Å². The van der Waals surface area contributed by atoms with Crippen LogP contribution < -0.4 is 10.8 Å². The van der Waals surface area contributed by atoms with Crippen LogP contribution in [0.2, 0.25) is 0 Å². The number of carbonyl (C=O) groups is 1. The van der Waals surface area contributed by atoms with Gasteiger partial charge in [-0.3, -0.25) is 4.79 Å². The first-order valence-corrected chi connectivity index (χ1v) is 6.58. The summed E-state index contributed by atoms with van der Waals surface area (Å²) in [6, 6.07) is 7.24. The molecular formula is C14H15B2NO4. The molecule has 1 amide bonds. The van der Waals surface area contributed by atoms with Crippen LogP contribution in [0, 0.1) is 6.92 Å². The summed E-state index contributed by atoms with van der Waals surface area (Å²) in [6.45, 7) is 1.76. The van der Waals surface area contributed by atoms with Crippen molar-refractivity contribution in [3.05, 3.63) is 41.5 Å². The number of anilines is 1. The van der Waals surface area contributed by atoms with Crippen molar-refractivity contribution in [2.45, 2.75) is 6.92 Å². The highest BCUT2D eigenvalue weighted by Crippen LogP contribution is 2.25. The molecule has 0 heterocycles. The molecule has 106 valence electrons. The smallest absolute Gasteiger partial charge is 0.255 e. The van der Waals surface area contributed by atoms with E-state index in [9.17, 15) is 20.1 Å². The molecule has 0 aliphatic heterocycles. The van der Waals surface area contributed by atoms with E-state index in [-0.39, 0.29) is 22.8 Å². The Kier molecular flexibility index (Phi) is 4.12. The Morgan fingerprint density at radius 2 is 1.86 bits per heavy atom. The zero-order valence-corrected chi connectivity index (χ0v) is 11.8. The summed E-state index contributed by atoms with van der Waals surface area (Å²) in [7, 11) is 2.56. The first kappa shape index (κ1) is 14.8. The monoisotopic (exact) mass is 283 g/mol. The van der Waals surface area contributed by atoms with Crippen LogP contribution in [0.3, 0.4) is 0 Å². The van der Waals surface area contributed by atoms with Gasteiger partial charge in [-0.1, -0.05) is 5.46 Å². The van der Waals surface area contributed by atoms with E-state index in [0.29, 0.717) is 18.4 Å². The van der Waals surface area contributed by atoms with E-state index in [1.165, 1.54) is 18.2 Å². The molecule has 7 heteroatoms. The molecule has 0 saturated heterocycles. The quantitative estimate of drug-likeness (QED) is 0.362. The maximum absolute atomic E-state index is 12.1. The summed E-state index contributed by atoms with van der Waals surface area (Å²) in [5, 5.41) is 31.2. The SMILES string of the molecule is BBc1cc(NC(=O)c2ccc(O)c(O)c2)cc(C)c1O. The predicted octanol–water partition coefficient (Wildman–Crippen LogP) is -0.0260. The second-order valence-electron chi connectivity index (χ2n) is 4.81. The number of amides is 1. The van der Waals surface area contributed by atoms with Crippen molar-refractivity contribution >= 4 is 32.0 Å². The van der Waals surface area contributed by atoms with Gasteiger partial charge in [0, 0.05) is 11.3 Å². The van der Waals surface area contributed by atoms with Crippen molar-refractivity contribution in [2.24, 2.45) is 0 Å². The zero-order valence-electron chi connectivity index (χ0n) is 11.8. The molecule has 21 heavy (non-hydrogen) atoms. The van der Waals surface area contributed by atoms with Crippen LogP contribution in [0.1, 0.15) is 15.9 Å². The molecule has 0 bridgehead atoms. The fourth-order valence-electron chi connectivity index (χ4n) is 2.06. The van der Waals surface area contributed by atoms with Gasteiger partial charge in [-0.2, -0.15) is 0 Å². The lowest BCUT2D eigenvalue weighted by molar-refractivity contribution is 0.102. The molecule has 0 atom stereocenters. The number of hydrogen-bond donors (Lipinski definition) is 4. The van der Waals surface area contributed by atoms with E-state index in [1.807, 2.05) is 7.74 Å². The summed E-state index contributed by atoms with van der Waals surface area (Å²) >= 11 is 0. The van der Waals surface area contributed by atoms with Crippen molar-refractivity contribution in [2.75, 3.05) is 5.32 Å².